The third-order valence-corrected chi connectivity index (χ3v) is 15.0. The van der Waals surface area contributed by atoms with Crippen LogP contribution in [0.5, 0.6) is 0 Å². The number of thioether (sulfide) groups is 1. The summed E-state index contributed by atoms with van der Waals surface area (Å²) in [6, 6.07) is 34.9. The van der Waals surface area contributed by atoms with Crippen LogP contribution in [0.2, 0.25) is 0 Å². The number of hydrogen-bond donors (Lipinski definition) is 0. The highest BCUT2D eigenvalue weighted by Gasteiger charge is 2.54. The van der Waals surface area contributed by atoms with Crippen LogP contribution in [0.15, 0.2) is 89.8 Å². The Morgan fingerprint density at radius 3 is 1.84 bits per heavy atom. The van der Waals surface area contributed by atoms with Crippen molar-refractivity contribution in [3.05, 3.63) is 124 Å². The van der Waals surface area contributed by atoms with Gasteiger partial charge in [-0.1, -0.05) is 98.7 Å². The molecule has 56 heavy (non-hydrogen) atoms. The lowest BCUT2D eigenvalue weighted by Crippen LogP contribution is -2.62. The fourth-order valence-corrected chi connectivity index (χ4v) is 12.2. The molecule has 5 aliphatic heterocycles. The van der Waals surface area contributed by atoms with E-state index >= 15 is 0 Å². The molecule has 5 heterocycles. The molecular weight excluding hydrogens is 697 g/mol. The van der Waals surface area contributed by atoms with E-state index in [2.05, 4.69) is 181 Å². The maximum Gasteiger partial charge on any atom is 0.233 e. The van der Waals surface area contributed by atoms with Gasteiger partial charge >= 0.3 is 0 Å². The van der Waals surface area contributed by atoms with Crippen LogP contribution in [-0.2, 0) is 29.1 Å². The SMILES string of the molecule is Cc1cc2c3c(c1)N(c1ccc(C(C)(C)C)cc1)C1c4cc(C(C)(C)C)ccc4SC1B3c1cc(C(C)(C)C)ccc1N2c1cc2c3c(c1)CCCN3CCC2. The number of fused-ring (bicyclic) bond motifs is 6. The van der Waals surface area contributed by atoms with Gasteiger partial charge in [-0.25, -0.2) is 0 Å². The van der Waals surface area contributed by atoms with Crippen molar-refractivity contribution < 1.29 is 0 Å². The molecule has 0 saturated carbocycles. The molecule has 5 heteroatoms. The quantitative estimate of drug-likeness (QED) is 0.166. The molecule has 2 atom stereocenters. The van der Waals surface area contributed by atoms with Gasteiger partial charge in [0.15, 0.2) is 0 Å². The smallest absolute Gasteiger partial charge is 0.233 e. The Balaban J connectivity index is 1.26. The van der Waals surface area contributed by atoms with E-state index < -0.39 is 0 Å². The van der Waals surface area contributed by atoms with E-state index in [1.807, 2.05) is 0 Å². The van der Waals surface area contributed by atoms with Gasteiger partial charge in [-0.15, -0.1) is 11.8 Å². The van der Waals surface area contributed by atoms with Crippen molar-refractivity contribution in [3.63, 3.8) is 0 Å². The van der Waals surface area contributed by atoms with E-state index in [4.69, 9.17) is 0 Å². The molecule has 0 bridgehead atoms. The summed E-state index contributed by atoms with van der Waals surface area (Å²) in [6.07, 6.45) is 4.81. The summed E-state index contributed by atoms with van der Waals surface area (Å²) < 4.78 is 0. The normalized spacial score (nSPS) is 19.7. The molecule has 5 aromatic rings. The van der Waals surface area contributed by atoms with Crippen LogP contribution in [0.3, 0.4) is 0 Å². The molecular formula is C51H58BN3S. The van der Waals surface area contributed by atoms with Gasteiger partial charge in [-0.05, 0) is 147 Å². The Bertz CT molecular complexity index is 2380. The average molecular weight is 756 g/mol. The first-order chi connectivity index (χ1) is 26.6. The molecule has 0 aromatic heterocycles. The van der Waals surface area contributed by atoms with Crippen LogP contribution >= 0.6 is 11.8 Å². The largest absolute Gasteiger partial charge is 0.371 e. The monoisotopic (exact) mass is 755 g/mol. The molecule has 0 saturated heterocycles. The average Bonchev–Trinajstić information content (AvgIpc) is 3.52. The number of anilines is 6. The van der Waals surface area contributed by atoms with E-state index in [-0.39, 0.29) is 29.0 Å². The lowest BCUT2D eigenvalue weighted by atomic mass is 9.33. The maximum absolute atomic E-state index is 2.76. The molecule has 0 fully saturated rings. The zero-order chi connectivity index (χ0) is 39.1. The standard InChI is InChI=1S/C51H58BN3S/c1-31-25-42-45-43(26-31)55(37-19-15-34(16-20-37)49(2,3)4)47-39-29-35(50(5,6)7)18-22-44(39)56-48(47)52(45)40-30-36(51(8,9)10)17-21-41(40)54(42)38-27-32-13-11-23-53-24-12-14-33(28-38)46(32)53/h15-22,25-30,47-48H,11-14,23-24H2,1-10H3. The first-order valence-electron chi connectivity index (χ1n) is 21.3. The summed E-state index contributed by atoms with van der Waals surface area (Å²) in [5.74, 6) is 0. The van der Waals surface area contributed by atoms with Crippen molar-refractivity contribution in [1.29, 1.82) is 0 Å². The number of nitrogens with zero attached hydrogens (tertiary/aromatic N) is 3. The molecule has 5 aliphatic rings. The Morgan fingerprint density at radius 1 is 0.607 bits per heavy atom. The van der Waals surface area contributed by atoms with Crippen LogP contribution in [0.4, 0.5) is 34.1 Å². The predicted octanol–water partition coefficient (Wildman–Crippen LogP) is 11.9. The van der Waals surface area contributed by atoms with Gasteiger partial charge in [0.25, 0.3) is 0 Å². The summed E-state index contributed by atoms with van der Waals surface area (Å²) in [6.45, 7) is 26.1. The Hall–Kier alpha value is -4.09. The summed E-state index contributed by atoms with van der Waals surface area (Å²) in [5, 5.41) is 0.311. The minimum absolute atomic E-state index is 0.0397. The highest BCUT2D eigenvalue weighted by Crippen LogP contribution is 2.57. The van der Waals surface area contributed by atoms with E-state index in [0.29, 0.717) is 5.15 Å². The zero-order valence-electron chi connectivity index (χ0n) is 35.3. The van der Waals surface area contributed by atoms with Crippen LogP contribution < -0.4 is 25.6 Å². The van der Waals surface area contributed by atoms with Gasteiger partial charge in [0.05, 0.1) is 6.04 Å². The molecule has 0 spiro atoms. The highest BCUT2D eigenvalue weighted by molar-refractivity contribution is 8.02. The van der Waals surface area contributed by atoms with Gasteiger partial charge < -0.3 is 14.7 Å². The Labute approximate surface area is 341 Å². The summed E-state index contributed by atoms with van der Waals surface area (Å²) in [7, 11) is 0. The lowest BCUT2D eigenvalue weighted by molar-refractivity contribution is 0.587. The molecule has 5 aromatic carbocycles. The summed E-state index contributed by atoms with van der Waals surface area (Å²) in [4.78, 5) is 9.55. The highest BCUT2D eigenvalue weighted by atomic mass is 32.2. The number of aryl methyl sites for hydroxylation is 3. The van der Waals surface area contributed by atoms with E-state index in [0.717, 1.165) is 0 Å². The Kier molecular flexibility index (Phi) is 8.07. The van der Waals surface area contributed by atoms with Gasteiger partial charge in [-0.2, -0.15) is 0 Å². The number of benzene rings is 5. The molecule has 10 rings (SSSR count). The summed E-state index contributed by atoms with van der Waals surface area (Å²) >= 11 is 2.13. The second-order valence-corrected chi connectivity index (χ2v) is 21.8. The van der Waals surface area contributed by atoms with E-state index in [1.165, 1.54) is 128 Å². The minimum Gasteiger partial charge on any atom is -0.371 e. The minimum atomic E-state index is 0.0397. The van der Waals surface area contributed by atoms with Crippen molar-refractivity contribution in [2.75, 3.05) is 27.8 Å². The van der Waals surface area contributed by atoms with Crippen LogP contribution in [-0.4, -0.2) is 25.0 Å². The summed E-state index contributed by atoms with van der Waals surface area (Å²) in [5.41, 5.74) is 21.5. The molecule has 0 aliphatic carbocycles. The van der Waals surface area contributed by atoms with Gasteiger partial charge in [-0.3, -0.25) is 0 Å². The van der Waals surface area contributed by atoms with Crippen LogP contribution in [0, 0.1) is 6.92 Å². The van der Waals surface area contributed by atoms with Gasteiger partial charge in [0.1, 0.15) is 0 Å². The zero-order valence-corrected chi connectivity index (χ0v) is 36.1. The molecule has 0 amide bonds. The second kappa shape index (κ2) is 12.5. The fourth-order valence-electron chi connectivity index (χ4n) is 10.6. The predicted molar refractivity (Wildman–Crippen MR) is 243 cm³/mol. The third-order valence-electron chi connectivity index (χ3n) is 13.5. The van der Waals surface area contributed by atoms with Crippen molar-refractivity contribution in [2.45, 2.75) is 127 Å². The van der Waals surface area contributed by atoms with Crippen LogP contribution in [0.25, 0.3) is 0 Å². The van der Waals surface area contributed by atoms with E-state index in [1.54, 1.807) is 0 Å². The van der Waals surface area contributed by atoms with Crippen molar-refractivity contribution in [3.8, 4) is 0 Å². The second-order valence-electron chi connectivity index (χ2n) is 20.6. The van der Waals surface area contributed by atoms with Gasteiger partial charge in [0, 0.05) is 57.3 Å². The van der Waals surface area contributed by atoms with Crippen molar-refractivity contribution in [2.24, 2.45) is 0 Å². The lowest BCUT2D eigenvalue weighted by Gasteiger charge is -2.49. The first kappa shape index (κ1) is 36.3. The van der Waals surface area contributed by atoms with Crippen LogP contribution in [0.1, 0.15) is 120 Å². The molecule has 286 valence electrons. The van der Waals surface area contributed by atoms with Gasteiger partial charge in [0.2, 0.25) is 6.71 Å². The molecule has 0 radical (unpaired) electrons. The molecule has 2 unspecified atom stereocenters. The number of rotatable bonds is 2. The molecule has 0 N–H and O–H groups in total. The van der Waals surface area contributed by atoms with E-state index in [9.17, 15) is 0 Å². The third kappa shape index (κ3) is 5.61. The number of hydrogen-bond acceptors (Lipinski definition) is 4. The van der Waals surface area contributed by atoms with Crippen molar-refractivity contribution in [1.82, 2.24) is 0 Å². The fraction of sp³-hybridized carbons (Fsp3) is 0.412. The molecule has 3 nitrogen and oxygen atoms in total. The first-order valence-corrected chi connectivity index (χ1v) is 22.1. The van der Waals surface area contributed by atoms with Crippen molar-refractivity contribution >= 4 is 63.5 Å². The topological polar surface area (TPSA) is 9.72 Å². The maximum atomic E-state index is 2.76. The Morgan fingerprint density at radius 2 is 1.20 bits per heavy atom.